The molecule has 0 saturated heterocycles. The minimum Gasteiger partial charge on any atom is -0.490 e. The number of anilines is 1. The van der Waals surface area contributed by atoms with Gasteiger partial charge in [0.1, 0.15) is 0 Å². The van der Waals surface area contributed by atoms with Crippen LogP contribution in [0.3, 0.4) is 0 Å². The maximum Gasteiger partial charge on any atom is 0.252 e. The van der Waals surface area contributed by atoms with Gasteiger partial charge in [-0.3, -0.25) is 0 Å². The lowest BCUT2D eigenvalue weighted by atomic mass is 10.2. The number of ether oxygens (including phenoxy) is 2. The minimum atomic E-state index is 0.539. The highest BCUT2D eigenvalue weighted by molar-refractivity contribution is 5.63. The lowest BCUT2D eigenvalue weighted by Gasteiger charge is -2.11. The number of hydrogen-bond acceptors (Lipinski definition) is 8. The summed E-state index contributed by atoms with van der Waals surface area (Å²) < 4.78 is 13.2. The molecule has 9 heteroatoms. The zero-order valence-corrected chi connectivity index (χ0v) is 17.5. The molecule has 0 atom stereocenters. The van der Waals surface area contributed by atoms with E-state index in [1.165, 1.54) is 0 Å². The van der Waals surface area contributed by atoms with Crippen LogP contribution in [-0.4, -0.2) is 42.8 Å². The highest BCUT2D eigenvalue weighted by Gasteiger charge is 2.13. The number of nitrogens with zero attached hydrogens (tertiary/aromatic N) is 6. The third-order valence-electron chi connectivity index (χ3n) is 5.16. The lowest BCUT2D eigenvalue weighted by Crippen LogP contribution is -2.05. The number of benzene rings is 1. The standard InChI is InChI=1S/C22H23N7O2/c1-3-20-27-22-25-13-16(14(2)29(22)28-20)17-7-8-23-21(26-17)24-12-15-5-6-18-19(11-15)31-10-4-9-30-18/h5-8,11,13H,3-4,9-10,12H2,1-2H3,(H,23,24,26). The quantitative estimate of drug-likeness (QED) is 0.528. The molecule has 1 N–H and O–H groups in total. The van der Waals surface area contributed by atoms with Crippen LogP contribution in [-0.2, 0) is 13.0 Å². The number of hydrogen-bond donors (Lipinski definition) is 1. The van der Waals surface area contributed by atoms with Gasteiger partial charge in [-0.25, -0.2) is 19.5 Å². The molecule has 4 aromatic rings. The van der Waals surface area contributed by atoms with E-state index in [2.05, 4.69) is 30.4 Å². The summed E-state index contributed by atoms with van der Waals surface area (Å²) in [5.74, 6) is 3.47. The van der Waals surface area contributed by atoms with Gasteiger partial charge >= 0.3 is 0 Å². The fraction of sp³-hybridized carbons (Fsp3) is 0.318. The Morgan fingerprint density at radius 2 is 1.94 bits per heavy atom. The van der Waals surface area contributed by atoms with E-state index in [0.717, 1.165) is 52.7 Å². The number of nitrogens with one attached hydrogen (secondary N) is 1. The van der Waals surface area contributed by atoms with Gasteiger partial charge in [-0.1, -0.05) is 13.0 Å². The highest BCUT2D eigenvalue weighted by atomic mass is 16.5. The first-order valence-electron chi connectivity index (χ1n) is 10.4. The first-order chi connectivity index (χ1) is 15.2. The largest absolute Gasteiger partial charge is 0.490 e. The third-order valence-corrected chi connectivity index (χ3v) is 5.16. The van der Waals surface area contributed by atoms with E-state index < -0.39 is 0 Å². The van der Waals surface area contributed by atoms with Gasteiger partial charge in [-0.2, -0.15) is 4.98 Å². The van der Waals surface area contributed by atoms with E-state index >= 15 is 0 Å². The number of rotatable bonds is 5. The van der Waals surface area contributed by atoms with Crippen molar-refractivity contribution in [2.45, 2.75) is 33.2 Å². The Labute approximate surface area is 179 Å². The van der Waals surface area contributed by atoms with Crippen LogP contribution >= 0.6 is 0 Å². The third kappa shape index (κ3) is 3.86. The summed E-state index contributed by atoms with van der Waals surface area (Å²) >= 11 is 0. The van der Waals surface area contributed by atoms with Crippen LogP contribution in [0, 0.1) is 6.92 Å². The van der Waals surface area contributed by atoms with Crippen molar-refractivity contribution in [3.8, 4) is 22.8 Å². The Morgan fingerprint density at radius 3 is 2.81 bits per heavy atom. The molecule has 0 unspecified atom stereocenters. The Morgan fingerprint density at radius 1 is 1.06 bits per heavy atom. The van der Waals surface area contributed by atoms with Crippen molar-refractivity contribution in [2.75, 3.05) is 18.5 Å². The molecular formula is C22H23N7O2. The minimum absolute atomic E-state index is 0.539. The average Bonchev–Trinajstić information content (AvgIpc) is 3.09. The molecule has 1 aliphatic rings. The molecule has 1 aromatic carbocycles. The topological polar surface area (TPSA) is 99.4 Å². The van der Waals surface area contributed by atoms with Crippen molar-refractivity contribution < 1.29 is 9.47 Å². The van der Waals surface area contributed by atoms with Crippen LogP contribution in [0.5, 0.6) is 11.5 Å². The first-order valence-corrected chi connectivity index (χ1v) is 10.4. The van der Waals surface area contributed by atoms with E-state index in [0.29, 0.717) is 31.5 Å². The summed E-state index contributed by atoms with van der Waals surface area (Å²) in [6.07, 6.45) is 5.17. The molecule has 0 saturated carbocycles. The summed E-state index contributed by atoms with van der Waals surface area (Å²) in [5.41, 5.74) is 3.66. The van der Waals surface area contributed by atoms with Crippen LogP contribution in [0.2, 0.25) is 0 Å². The fourth-order valence-corrected chi connectivity index (χ4v) is 3.48. The van der Waals surface area contributed by atoms with Crippen molar-refractivity contribution in [3.63, 3.8) is 0 Å². The molecule has 31 heavy (non-hydrogen) atoms. The molecule has 0 amide bonds. The molecule has 1 aliphatic heterocycles. The van der Waals surface area contributed by atoms with Gasteiger partial charge in [0.05, 0.1) is 24.6 Å². The smallest absolute Gasteiger partial charge is 0.252 e. The average molecular weight is 417 g/mol. The molecule has 9 nitrogen and oxygen atoms in total. The van der Waals surface area contributed by atoms with Crippen LogP contribution in [0.15, 0.2) is 36.7 Å². The Hall–Kier alpha value is -3.75. The van der Waals surface area contributed by atoms with E-state index in [-0.39, 0.29) is 0 Å². The maximum atomic E-state index is 5.77. The Kier molecular flexibility index (Phi) is 5.07. The summed E-state index contributed by atoms with van der Waals surface area (Å²) in [4.78, 5) is 17.9. The van der Waals surface area contributed by atoms with Gasteiger partial charge < -0.3 is 14.8 Å². The van der Waals surface area contributed by atoms with Crippen LogP contribution in [0.25, 0.3) is 17.0 Å². The van der Waals surface area contributed by atoms with Crippen molar-refractivity contribution >= 4 is 11.7 Å². The van der Waals surface area contributed by atoms with Gasteiger partial charge in [-0.05, 0) is 30.7 Å². The first kappa shape index (κ1) is 19.2. The summed E-state index contributed by atoms with van der Waals surface area (Å²) in [7, 11) is 0. The van der Waals surface area contributed by atoms with Gasteiger partial charge in [-0.15, -0.1) is 5.10 Å². The Bertz CT molecular complexity index is 1240. The van der Waals surface area contributed by atoms with Crippen molar-refractivity contribution in [1.29, 1.82) is 0 Å². The van der Waals surface area contributed by atoms with Crippen molar-refractivity contribution in [1.82, 2.24) is 29.5 Å². The molecule has 3 aromatic heterocycles. The Balaban J connectivity index is 1.37. The molecule has 0 aliphatic carbocycles. The van der Waals surface area contributed by atoms with Gasteiger partial charge in [0, 0.05) is 37.3 Å². The van der Waals surface area contributed by atoms with Gasteiger partial charge in [0.25, 0.3) is 5.78 Å². The SMILES string of the molecule is CCc1nc2ncc(-c3ccnc(NCc4ccc5c(c4)OCCCO5)n3)c(C)n2n1. The second-order valence-corrected chi connectivity index (χ2v) is 7.30. The van der Waals surface area contributed by atoms with E-state index in [9.17, 15) is 0 Å². The summed E-state index contributed by atoms with van der Waals surface area (Å²) in [5, 5.41) is 7.81. The van der Waals surface area contributed by atoms with Gasteiger partial charge in [0.15, 0.2) is 17.3 Å². The summed E-state index contributed by atoms with van der Waals surface area (Å²) in [6, 6.07) is 7.83. The molecule has 4 heterocycles. The molecular weight excluding hydrogens is 394 g/mol. The molecule has 5 rings (SSSR count). The zero-order valence-electron chi connectivity index (χ0n) is 17.5. The lowest BCUT2D eigenvalue weighted by molar-refractivity contribution is 0.297. The second kappa shape index (κ2) is 8.17. The zero-order chi connectivity index (χ0) is 21.2. The molecule has 0 fully saturated rings. The summed E-state index contributed by atoms with van der Waals surface area (Å²) in [6.45, 7) is 5.93. The monoisotopic (exact) mass is 417 g/mol. The van der Waals surface area contributed by atoms with E-state index in [1.807, 2.05) is 38.1 Å². The second-order valence-electron chi connectivity index (χ2n) is 7.30. The van der Waals surface area contributed by atoms with E-state index in [1.54, 1.807) is 16.9 Å². The predicted molar refractivity (Wildman–Crippen MR) is 115 cm³/mol. The van der Waals surface area contributed by atoms with Crippen LogP contribution < -0.4 is 14.8 Å². The van der Waals surface area contributed by atoms with Crippen LogP contribution in [0.1, 0.15) is 30.4 Å². The number of aromatic nitrogens is 6. The predicted octanol–water partition coefficient (Wildman–Crippen LogP) is 3.23. The van der Waals surface area contributed by atoms with Crippen molar-refractivity contribution in [2.24, 2.45) is 0 Å². The molecule has 0 radical (unpaired) electrons. The van der Waals surface area contributed by atoms with Gasteiger partial charge in [0.2, 0.25) is 5.95 Å². The number of fused-ring (bicyclic) bond motifs is 2. The molecule has 0 spiro atoms. The highest BCUT2D eigenvalue weighted by Crippen LogP contribution is 2.30. The van der Waals surface area contributed by atoms with E-state index in [4.69, 9.17) is 9.47 Å². The van der Waals surface area contributed by atoms with Crippen molar-refractivity contribution in [3.05, 3.63) is 53.7 Å². The number of aryl methyl sites for hydroxylation is 2. The molecule has 158 valence electrons. The van der Waals surface area contributed by atoms with Crippen LogP contribution in [0.4, 0.5) is 5.95 Å². The molecule has 0 bridgehead atoms. The fourth-order valence-electron chi connectivity index (χ4n) is 3.48. The maximum absolute atomic E-state index is 5.77. The normalized spacial score (nSPS) is 13.2.